The maximum absolute atomic E-state index is 11.5. The average molecular weight is 220 g/mol. The van der Waals surface area contributed by atoms with Crippen LogP contribution >= 0.6 is 0 Å². The number of nitrogens with one attached hydrogen (secondary N) is 2. The molecule has 0 radical (unpaired) electrons. The van der Waals surface area contributed by atoms with Crippen LogP contribution in [0.5, 0.6) is 5.75 Å². The van der Waals surface area contributed by atoms with Crippen LogP contribution in [0.1, 0.15) is 19.4 Å². The maximum atomic E-state index is 11.5. The summed E-state index contributed by atoms with van der Waals surface area (Å²) in [5.41, 5.74) is 1.96. The molecule has 1 heterocycles. The summed E-state index contributed by atoms with van der Waals surface area (Å²) in [6.07, 6.45) is 0.913. The zero-order valence-electron chi connectivity index (χ0n) is 9.54. The van der Waals surface area contributed by atoms with Crippen molar-refractivity contribution in [3.63, 3.8) is 0 Å². The van der Waals surface area contributed by atoms with Gasteiger partial charge in [-0.25, -0.2) is 4.79 Å². The molecule has 0 spiro atoms. The van der Waals surface area contributed by atoms with Gasteiger partial charge in [-0.15, -0.1) is 0 Å². The van der Waals surface area contributed by atoms with E-state index in [0.717, 1.165) is 30.0 Å². The fourth-order valence-electron chi connectivity index (χ4n) is 1.69. The van der Waals surface area contributed by atoms with Gasteiger partial charge in [0.1, 0.15) is 5.75 Å². The molecule has 4 nitrogen and oxygen atoms in total. The van der Waals surface area contributed by atoms with Gasteiger partial charge in [0.15, 0.2) is 0 Å². The highest BCUT2D eigenvalue weighted by molar-refractivity contribution is 5.89. The molecule has 2 rings (SSSR count). The van der Waals surface area contributed by atoms with Crippen LogP contribution in [0.15, 0.2) is 18.2 Å². The molecule has 16 heavy (non-hydrogen) atoms. The molecule has 0 saturated heterocycles. The van der Waals surface area contributed by atoms with Crippen LogP contribution in [-0.4, -0.2) is 18.7 Å². The van der Waals surface area contributed by atoms with Gasteiger partial charge in [0.25, 0.3) is 0 Å². The second-order valence-electron chi connectivity index (χ2n) is 4.17. The summed E-state index contributed by atoms with van der Waals surface area (Å²) in [6, 6.07) is 5.67. The first kappa shape index (κ1) is 10.8. The van der Waals surface area contributed by atoms with E-state index in [4.69, 9.17) is 4.74 Å². The minimum Gasteiger partial charge on any atom is -0.493 e. The van der Waals surface area contributed by atoms with Gasteiger partial charge in [0.05, 0.1) is 6.61 Å². The number of hydrogen-bond donors (Lipinski definition) is 2. The number of benzene rings is 1. The Kier molecular flexibility index (Phi) is 2.99. The minimum atomic E-state index is -0.172. The van der Waals surface area contributed by atoms with E-state index in [0.29, 0.717) is 0 Å². The predicted octanol–water partition coefficient (Wildman–Crippen LogP) is 2.15. The molecule has 0 fully saturated rings. The van der Waals surface area contributed by atoms with Crippen LogP contribution < -0.4 is 15.4 Å². The van der Waals surface area contributed by atoms with Crippen molar-refractivity contribution in [1.82, 2.24) is 5.32 Å². The third-order valence-corrected chi connectivity index (χ3v) is 2.37. The van der Waals surface area contributed by atoms with Gasteiger partial charge < -0.3 is 15.4 Å². The van der Waals surface area contributed by atoms with Crippen molar-refractivity contribution in [3.8, 4) is 5.75 Å². The number of ether oxygens (including phenoxy) is 1. The third-order valence-electron chi connectivity index (χ3n) is 2.37. The SMILES string of the molecule is CC(C)NC(=O)Nc1ccc2c(c1)CCO2. The fourth-order valence-corrected chi connectivity index (χ4v) is 1.69. The van der Waals surface area contributed by atoms with Crippen LogP contribution in [-0.2, 0) is 6.42 Å². The van der Waals surface area contributed by atoms with E-state index in [2.05, 4.69) is 10.6 Å². The van der Waals surface area contributed by atoms with Gasteiger partial charge in [-0.2, -0.15) is 0 Å². The lowest BCUT2D eigenvalue weighted by molar-refractivity contribution is 0.250. The van der Waals surface area contributed by atoms with Crippen molar-refractivity contribution in [1.29, 1.82) is 0 Å². The Morgan fingerprint density at radius 1 is 1.44 bits per heavy atom. The monoisotopic (exact) mass is 220 g/mol. The molecule has 0 bridgehead atoms. The Balaban J connectivity index is 2.02. The van der Waals surface area contributed by atoms with Crippen LogP contribution in [0.2, 0.25) is 0 Å². The third kappa shape index (κ3) is 2.45. The van der Waals surface area contributed by atoms with Crippen LogP contribution in [0.4, 0.5) is 10.5 Å². The van der Waals surface area contributed by atoms with Crippen molar-refractivity contribution >= 4 is 11.7 Å². The van der Waals surface area contributed by atoms with Crippen molar-refractivity contribution in [2.45, 2.75) is 26.3 Å². The first-order valence-electron chi connectivity index (χ1n) is 5.48. The summed E-state index contributed by atoms with van der Waals surface area (Å²) in [5.74, 6) is 0.926. The van der Waals surface area contributed by atoms with Crippen LogP contribution in [0, 0.1) is 0 Å². The quantitative estimate of drug-likeness (QED) is 0.802. The summed E-state index contributed by atoms with van der Waals surface area (Å²) in [4.78, 5) is 11.5. The molecule has 1 aromatic carbocycles. The number of fused-ring (bicyclic) bond motifs is 1. The van der Waals surface area contributed by atoms with E-state index < -0.39 is 0 Å². The second-order valence-corrected chi connectivity index (χ2v) is 4.17. The molecule has 2 N–H and O–H groups in total. The Morgan fingerprint density at radius 2 is 2.25 bits per heavy atom. The molecule has 0 atom stereocenters. The summed E-state index contributed by atoms with van der Waals surface area (Å²) in [7, 11) is 0. The molecule has 1 aromatic rings. The Labute approximate surface area is 95.0 Å². The lowest BCUT2D eigenvalue weighted by atomic mass is 10.1. The molecule has 86 valence electrons. The van der Waals surface area contributed by atoms with Crippen molar-refractivity contribution in [2.24, 2.45) is 0 Å². The molecule has 0 aromatic heterocycles. The van der Waals surface area contributed by atoms with E-state index >= 15 is 0 Å². The summed E-state index contributed by atoms with van der Waals surface area (Å²) >= 11 is 0. The smallest absolute Gasteiger partial charge is 0.319 e. The molecule has 1 aliphatic rings. The standard InChI is InChI=1S/C12H16N2O2/c1-8(2)13-12(15)14-10-3-4-11-9(7-10)5-6-16-11/h3-4,7-8H,5-6H2,1-2H3,(H2,13,14,15). The average Bonchev–Trinajstić information content (AvgIpc) is 2.63. The maximum Gasteiger partial charge on any atom is 0.319 e. The molecular formula is C12H16N2O2. The summed E-state index contributed by atoms with van der Waals surface area (Å²) in [6.45, 7) is 4.59. The largest absolute Gasteiger partial charge is 0.493 e. The number of rotatable bonds is 2. The minimum absolute atomic E-state index is 0.137. The number of carbonyl (C=O) groups is 1. The Bertz CT molecular complexity index is 402. The molecule has 2 amide bonds. The zero-order chi connectivity index (χ0) is 11.5. The van der Waals surface area contributed by atoms with Gasteiger partial charge in [0.2, 0.25) is 0 Å². The highest BCUT2D eigenvalue weighted by Crippen LogP contribution is 2.27. The molecule has 0 aliphatic carbocycles. The van der Waals surface area contributed by atoms with Crippen molar-refractivity contribution in [2.75, 3.05) is 11.9 Å². The number of anilines is 1. The normalized spacial score (nSPS) is 13.2. The van der Waals surface area contributed by atoms with E-state index in [1.165, 1.54) is 0 Å². The number of urea groups is 1. The molecule has 4 heteroatoms. The van der Waals surface area contributed by atoms with Gasteiger partial charge in [-0.1, -0.05) is 0 Å². The summed E-state index contributed by atoms with van der Waals surface area (Å²) < 4.78 is 5.39. The lowest BCUT2D eigenvalue weighted by Gasteiger charge is -2.10. The Hall–Kier alpha value is -1.71. The molecule has 0 unspecified atom stereocenters. The van der Waals surface area contributed by atoms with Gasteiger partial charge in [-0.05, 0) is 37.6 Å². The van der Waals surface area contributed by atoms with Gasteiger partial charge >= 0.3 is 6.03 Å². The molecule has 1 aliphatic heterocycles. The van der Waals surface area contributed by atoms with E-state index in [-0.39, 0.29) is 12.1 Å². The topological polar surface area (TPSA) is 50.4 Å². The number of hydrogen-bond acceptors (Lipinski definition) is 2. The van der Waals surface area contributed by atoms with Crippen LogP contribution in [0.25, 0.3) is 0 Å². The zero-order valence-corrected chi connectivity index (χ0v) is 9.54. The van der Waals surface area contributed by atoms with Crippen molar-refractivity contribution in [3.05, 3.63) is 23.8 Å². The second kappa shape index (κ2) is 4.43. The van der Waals surface area contributed by atoms with E-state index in [1.54, 1.807) is 0 Å². The van der Waals surface area contributed by atoms with Crippen LogP contribution in [0.3, 0.4) is 0 Å². The molecule has 0 saturated carbocycles. The van der Waals surface area contributed by atoms with E-state index in [1.807, 2.05) is 32.0 Å². The Morgan fingerprint density at radius 3 is 3.00 bits per heavy atom. The summed E-state index contributed by atoms with van der Waals surface area (Å²) in [5, 5.41) is 5.58. The highest BCUT2D eigenvalue weighted by atomic mass is 16.5. The number of amides is 2. The lowest BCUT2D eigenvalue weighted by Crippen LogP contribution is -2.34. The van der Waals surface area contributed by atoms with E-state index in [9.17, 15) is 4.79 Å². The number of carbonyl (C=O) groups excluding carboxylic acids is 1. The fraction of sp³-hybridized carbons (Fsp3) is 0.417. The highest BCUT2D eigenvalue weighted by Gasteiger charge is 2.12. The molecular weight excluding hydrogens is 204 g/mol. The first-order valence-corrected chi connectivity index (χ1v) is 5.48. The van der Waals surface area contributed by atoms with Gasteiger partial charge in [-0.3, -0.25) is 0 Å². The van der Waals surface area contributed by atoms with Crippen molar-refractivity contribution < 1.29 is 9.53 Å². The predicted molar refractivity (Wildman–Crippen MR) is 62.9 cm³/mol. The van der Waals surface area contributed by atoms with Gasteiger partial charge in [0, 0.05) is 18.2 Å². The first-order chi connectivity index (χ1) is 7.65.